The monoisotopic (exact) mass is 312 g/mol. The van der Waals surface area contributed by atoms with Crippen molar-refractivity contribution in [2.75, 3.05) is 0 Å². The van der Waals surface area contributed by atoms with E-state index in [-0.39, 0.29) is 16.6 Å². The largest absolute Gasteiger partial charge is 0.298 e. The summed E-state index contributed by atoms with van der Waals surface area (Å²) in [4.78, 5) is 23.8. The topological polar surface area (TPSA) is 34.1 Å². The Balaban J connectivity index is 3.47. The Hall–Kier alpha value is -0.700. The summed E-state index contributed by atoms with van der Waals surface area (Å²) in [5.41, 5.74) is 0.678. The third-order valence-electron chi connectivity index (χ3n) is 3.29. The van der Waals surface area contributed by atoms with Crippen molar-refractivity contribution in [1.82, 2.24) is 0 Å². The van der Waals surface area contributed by atoms with Gasteiger partial charge in [0, 0.05) is 11.1 Å². The summed E-state index contributed by atoms with van der Waals surface area (Å²) in [6, 6.07) is 0. The van der Waals surface area contributed by atoms with E-state index in [1.807, 2.05) is 41.5 Å². The van der Waals surface area contributed by atoms with Gasteiger partial charge >= 0.3 is 0 Å². The fourth-order valence-electron chi connectivity index (χ4n) is 1.95. The minimum atomic E-state index is -0.812. The minimum absolute atomic E-state index is 0.0492. The average molecular weight is 313 g/mol. The van der Waals surface area contributed by atoms with Gasteiger partial charge in [0.1, 0.15) is 10.6 Å². The fraction of sp³-hybridized carbons (Fsp3) is 0.600. The highest BCUT2D eigenvalue weighted by molar-refractivity contribution is 9.10. The summed E-state index contributed by atoms with van der Waals surface area (Å²) in [5.74, 6) is 0.0492. The van der Waals surface area contributed by atoms with E-state index in [1.54, 1.807) is 12.2 Å². The SMILES string of the molecule is CC(C)(C)C1=CC(C=O)=CC(Br)(C(C)(C)C)C1=O. The van der Waals surface area contributed by atoms with Gasteiger partial charge in [-0.05, 0) is 23.0 Å². The molecule has 0 heterocycles. The first kappa shape index (κ1) is 15.4. The van der Waals surface area contributed by atoms with Crippen molar-refractivity contribution in [2.45, 2.75) is 45.9 Å². The summed E-state index contributed by atoms with van der Waals surface area (Å²) >= 11 is 3.57. The smallest absolute Gasteiger partial charge is 0.180 e. The first-order valence-corrected chi connectivity index (χ1v) is 6.87. The molecule has 0 aromatic heterocycles. The number of hydrogen-bond acceptors (Lipinski definition) is 2. The molecule has 0 bridgehead atoms. The Bertz CT molecular complexity index is 444. The van der Waals surface area contributed by atoms with Gasteiger partial charge in [0.15, 0.2) is 5.78 Å². The van der Waals surface area contributed by atoms with Gasteiger partial charge in [-0.2, -0.15) is 0 Å². The van der Waals surface area contributed by atoms with Gasteiger partial charge in [-0.3, -0.25) is 9.59 Å². The Morgan fingerprint density at radius 1 is 1.17 bits per heavy atom. The zero-order valence-electron chi connectivity index (χ0n) is 11.9. The molecule has 0 saturated carbocycles. The normalized spacial score (nSPS) is 25.6. The third kappa shape index (κ3) is 2.51. The van der Waals surface area contributed by atoms with Crippen molar-refractivity contribution in [3.8, 4) is 0 Å². The molecule has 0 fully saturated rings. The van der Waals surface area contributed by atoms with Crippen LogP contribution in [0.1, 0.15) is 41.5 Å². The molecule has 1 atom stereocenters. The van der Waals surface area contributed by atoms with E-state index in [0.717, 1.165) is 6.29 Å². The minimum Gasteiger partial charge on any atom is -0.298 e. The van der Waals surface area contributed by atoms with Crippen molar-refractivity contribution in [1.29, 1.82) is 0 Å². The Morgan fingerprint density at radius 2 is 1.67 bits per heavy atom. The summed E-state index contributed by atoms with van der Waals surface area (Å²) < 4.78 is -0.812. The quantitative estimate of drug-likeness (QED) is 0.544. The second kappa shape index (κ2) is 4.44. The lowest BCUT2D eigenvalue weighted by molar-refractivity contribution is -0.119. The molecule has 18 heavy (non-hydrogen) atoms. The van der Waals surface area contributed by atoms with Crippen molar-refractivity contribution >= 4 is 28.0 Å². The lowest BCUT2D eigenvalue weighted by Crippen LogP contribution is -2.47. The van der Waals surface area contributed by atoms with Crippen LogP contribution in [0.3, 0.4) is 0 Å². The Morgan fingerprint density at radius 3 is 2.00 bits per heavy atom. The molecule has 2 nitrogen and oxygen atoms in total. The lowest BCUT2D eigenvalue weighted by Gasteiger charge is -2.41. The van der Waals surface area contributed by atoms with E-state index in [1.165, 1.54) is 0 Å². The van der Waals surface area contributed by atoms with Gasteiger partial charge in [0.2, 0.25) is 0 Å². The van der Waals surface area contributed by atoms with Crippen LogP contribution in [-0.4, -0.2) is 16.4 Å². The number of carbonyl (C=O) groups excluding carboxylic acids is 2. The van der Waals surface area contributed by atoms with E-state index >= 15 is 0 Å². The number of halogens is 1. The number of allylic oxidation sites excluding steroid dienone is 4. The molecular weight excluding hydrogens is 292 g/mol. The Labute approximate surface area is 118 Å². The molecule has 0 aromatic rings. The first-order valence-electron chi connectivity index (χ1n) is 6.07. The number of hydrogen-bond donors (Lipinski definition) is 0. The van der Waals surface area contributed by atoms with E-state index in [0.29, 0.717) is 11.1 Å². The molecule has 0 N–H and O–H groups in total. The van der Waals surface area contributed by atoms with Gasteiger partial charge in [-0.1, -0.05) is 57.5 Å². The van der Waals surface area contributed by atoms with Gasteiger partial charge < -0.3 is 0 Å². The van der Waals surface area contributed by atoms with Crippen LogP contribution in [0.5, 0.6) is 0 Å². The van der Waals surface area contributed by atoms with E-state index in [9.17, 15) is 9.59 Å². The van der Waals surface area contributed by atoms with Crippen LogP contribution in [0, 0.1) is 10.8 Å². The highest BCUT2D eigenvalue weighted by atomic mass is 79.9. The summed E-state index contributed by atoms with van der Waals surface area (Å²) in [5, 5.41) is 0. The molecule has 1 unspecified atom stereocenters. The highest BCUT2D eigenvalue weighted by Gasteiger charge is 2.49. The average Bonchev–Trinajstić information content (AvgIpc) is 2.18. The van der Waals surface area contributed by atoms with Crippen LogP contribution in [0.4, 0.5) is 0 Å². The molecule has 1 rings (SSSR count). The maximum absolute atomic E-state index is 12.7. The maximum atomic E-state index is 12.7. The molecule has 0 radical (unpaired) electrons. The zero-order chi connectivity index (χ0) is 14.4. The Kier molecular flexibility index (Phi) is 3.79. The molecular formula is C15H21BrO2. The number of ketones is 1. The van der Waals surface area contributed by atoms with Crippen LogP contribution in [-0.2, 0) is 9.59 Å². The lowest BCUT2D eigenvalue weighted by atomic mass is 9.68. The van der Waals surface area contributed by atoms with E-state index in [2.05, 4.69) is 15.9 Å². The van der Waals surface area contributed by atoms with Crippen LogP contribution >= 0.6 is 15.9 Å². The molecule has 100 valence electrons. The van der Waals surface area contributed by atoms with Crippen LogP contribution < -0.4 is 0 Å². The highest BCUT2D eigenvalue weighted by Crippen LogP contribution is 2.47. The molecule has 0 aliphatic heterocycles. The van der Waals surface area contributed by atoms with Crippen LogP contribution in [0.15, 0.2) is 23.3 Å². The number of alkyl halides is 1. The van der Waals surface area contributed by atoms with Crippen LogP contribution in [0.25, 0.3) is 0 Å². The molecule has 0 amide bonds. The predicted octanol–water partition coefficient (Wildman–Crippen LogP) is 3.85. The third-order valence-corrected chi connectivity index (χ3v) is 5.07. The first-order chi connectivity index (χ1) is 7.93. The fourth-order valence-corrected chi connectivity index (χ4v) is 2.43. The van der Waals surface area contributed by atoms with E-state index < -0.39 is 4.32 Å². The second-order valence-electron chi connectivity index (χ2n) is 6.86. The second-order valence-corrected chi connectivity index (χ2v) is 8.11. The molecule has 0 aromatic carbocycles. The standard InChI is InChI=1S/C15H21BrO2/c1-13(2,3)11-7-10(9-17)8-15(16,12(11)18)14(4,5)6/h7-9H,1-6H3. The summed E-state index contributed by atoms with van der Waals surface area (Å²) in [6.45, 7) is 11.9. The van der Waals surface area contributed by atoms with E-state index in [4.69, 9.17) is 0 Å². The van der Waals surface area contributed by atoms with Gasteiger partial charge in [-0.25, -0.2) is 0 Å². The number of aldehydes is 1. The molecule has 1 aliphatic rings. The van der Waals surface area contributed by atoms with Crippen molar-refractivity contribution < 1.29 is 9.59 Å². The van der Waals surface area contributed by atoms with Crippen molar-refractivity contribution in [3.05, 3.63) is 23.3 Å². The number of Topliss-reactive ketones (excluding diaryl/α,β-unsaturated/α-hetero) is 1. The molecule has 0 saturated heterocycles. The molecule has 1 aliphatic carbocycles. The summed E-state index contributed by atoms with van der Waals surface area (Å²) in [7, 11) is 0. The number of rotatable bonds is 1. The van der Waals surface area contributed by atoms with Gasteiger partial charge in [0.05, 0.1) is 0 Å². The van der Waals surface area contributed by atoms with Crippen molar-refractivity contribution in [3.63, 3.8) is 0 Å². The van der Waals surface area contributed by atoms with Gasteiger partial charge in [-0.15, -0.1) is 0 Å². The van der Waals surface area contributed by atoms with Gasteiger partial charge in [0.25, 0.3) is 0 Å². The van der Waals surface area contributed by atoms with Crippen molar-refractivity contribution in [2.24, 2.45) is 10.8 Å². The molecule has 3 heteroatoms. The van der Waals surface area contributed by atoms with Crippen LogP contribution in [0.2, 0.25) is 0 Å². The maximum Gasteiger partial charge on any atom is 0.180 e. The predicted molar refractivity (Wildman–Crippen MR) is 77.8 cm³/mol. The zero-order valence-corrected chi connectivity index (χ0v) is 13.5. The molecule has 0 spiro atoms. The number of carbonyl (C=O) groups is 2. The summed E-state index contributed by atoms with van der Waals surface area (Å²) in [6.07, 6.45) is 4.25.